The van der Waals surface area contributed by atoms with Gasteiger partial charge in [0.1, 0.15) is 0 Å². The van der Waals surface area contributed by atoms with Crippen LogP contribution in [0.4, 0.5) is 0 Å². The zero-order chi connectivity index (χ0) is 24.3. The van der Waals surface area contributed by atoms with Crippen molar-refractivity contribution in [3.63, 3.8) is 0 Å². The van der Waals surface area contributed by atoms with Crippen LogP contribution in [0.15, 0.2) is 54.1 Å². The number of benzene rings is 1. The molecule has 0 radical (unpaired) electrons. The van der Waals surface area contributed by atoms with E-state index in [1.54, 1.807) is 13.0 Å². The van der Waals surface area contributed by atoms with Gasteiger partial charge in [-0.25, -0.2) is 0 Å². The Morgan fingerprint density at radius 1 is 1.12 bits per heavy atom. The number of epoxide rings is 1. The van der Waals surface area contributed by atoms with Crippen molar-refractivity contribution in [2.75, 3.05) is 0 Å². The van der Waals surface area contributed by atoms with Crippen molar-refractivity contribution in [1.29, 1.82) is 0 Å². The molecule has 3 heterocycles. The van der Waals surface area contributed by atoms with E-state index in [2.05, 4.69) is 31.3 Å². The van der Waals surface area contributed by atoms with Crippen molar-refractivity contribution in [2.45, 2.75) is 70.3 Å². The number of allylic oxidation sites excluding steroid dienone is 2. The lowest BCUT2D eigenvalue weighted by Gasteiger charge is -2.46. The highest BCUT2D eigenvalue weighted by Crippen LogP contribution is 2.63. The van der Waals surface area contributed by atoms with Crippen LogP contribution in [0.5, 0.6) is 0 Å². The second kappa shape index (κ2) is 8.19. The van der Waals surface area contributed by atoms with Crippen molar-refractivity contribution in [3.05, 3.63) is 59.7 Å². The fraction of sp³-hybridized carbons (Fsp3) is 0.536. The summed E-state index contributed by atoms with van der Waals surface area (Å²) in [7, 11) is 0. The van der Waals surface area contributed by atoms with E-state index < -0.39 is 17.5 Å². The standard InChI is InChI=1S/C28H33NO5/c1-16-9-8-12-20-25-27(4,34-25)18(3)23-21(15-19-10-6-5-7-11-19)29-26(32)28(20,23)33-22(30)14-13-17(2)24(16)31/h5-8,10-13,16,18,20-21,23,25H,9,14-15H2,1-4H3,(H,29,32)/b12-8+,17-13+/t16-,18-,20-,21-,23-,25?,27+,28+/m0/s1. The van der Waals surface area contributed by atoms with Gasteiger partial charge in [0.2, 0.25) is 5.60 Å². The van der Waals surface area contributed by atoms with Gasteiger partial charge in [-0.1, -0.05) is 62.4 Å². The SMILES string of the molecule is C/C1=C\CC(=O)O[C@@]23C(=O)N[C@@H](Cc4ccccc4)[C@@H]2[C@H](C)[C@@]2(C)OC2[C@@H]3/C=C/C[C@H](C)C1=O. The third-order valence-corrected chi connectivity index (χ3v) is 8.58. The predicted octanol–water partition coefficient (Wildman–Crippen LogP) is 3.55. The van der Waals surface area contributed by atoms with Gasteiger partial charge >= 0.3 is 5.97 Å². The zero-order valence-corrected chi connectivity index (χ0v) is 20.2. The van der Waals surface area contributed by atoms with Gasteiger partial charge in [-0.3, -0.25) is 14.4 Å². The Labute approximate surface area is 200 Å². The molecule has 1 aromatic carbocycles. The minimum absolute atomic E-state index is 0.00768. The summed E-state index contributed by atoms with van der Waals surface area (Å²) in [5.74, 6) is -1.55. The second-order valence-electron chi connectivity index (χ2n) is 10.6. The molecule has 3 aliphatic heterocycles. The molecule has 3 fully saturated rings. The molecular formula is C28H33NO5. The Morgan fingerprint density at radius 3 is 2.59 bits per heavy atom. The number of esters is 1. The Balaban J connectivity index is 1.58. The van der Waals surface area contributed by atoms with Crippen LogP contribution < -0.4 is 5.32 Å². The number of carbonyl (C=O) groups is 3. The predicted molar refractivity (Wildman–Crippen MR) is 127 cm³/mol. The summed E-state index contributed by atoms with van der Waals surface area (Å²) in [6, 6.07) is 9.89. The van der Waals surface area contributed by atoms with E-state index in [1.165, 1.54) is 0 Å². The second-order valence-corrected chi connectivity index (χ2v) is 10.6. The molecule has 8 atom stereocenters. The van der Waals surface area contributed by atoms with Gasteiger partial charge in [-0.2, -0.15) is 0 Å². The number of hydrogen-bond acceptors (Lipinski definition) is 5. The van der Waals surface area contributed by atoms with E-state index in [0.29, 0.717) is 18.4 Å². The Kier molecular flexibility index (Phi) is 5.55. The Bertz CT molecular complexity index is 1080. The number of ketones is 1. The summed E-state index contributed by atoms with van der Waals surface area (Å²) in [5.41, 5.74) is -0.0388. The van der Waals surface area contributed by atoms with Gasteiger partial charge in [0.05, 0.1) is 24.0 Å². The lowest BCUT2D eigenvalue weighted by atomic mass is 9.59. The van der Waals surface area contributed by atoms with Crippen molar-refractivity contribution >= 4 is 17.7 Å². The molecule has 1 aliphatic carbocycles. The van der Waals surface area contributed by atoms with E-state index in [9.17, 15) is 14.4 Å². The normalized spacial score (nSPS) is 44.1. The number of rotatable bonds is 2. The lowest BCUT2D eigenvalue weighted by molar-refractivity contribution is -0.181. The van der Waals surface area contributed by atoms with Crippen LogP contribution in [-0.2, 0) is 30.3 Å². The Hall–Kier alpha value is -2.73. The number of ether oxygens (including phenoxy) is 2. The number of hydrogen-bond donors (Lipinski definition) is 1. The molecule has 1 spiro atoms. The zero-order valence-electron chi connectivity index (χ0n) is 20.2. The first-order valence-corrected chi connectivity index (χ1v) is 12.3. The highest BCUT2D eigenvalue weighted by atomic mass is 16.6. The minimum Gasteiger partial charge on any atom is -0.448 e. The molecule has 1 aromatic rings. The number of fused-ring (bicyclic) bond motifs is 2. The molecule has 5 rings (SSSR count). The third-order valence-electron chi connectivity index (χ3n) is 8.58. The van der Waals surface area contributed by atoms with Crippen LogP contribution >= 0.6 is 0 Å². The van der Waals surface area contributed by atoms with E-state index in [1.807, 2.05) is 37.3 Å². The Morgan fingerprint density at radius 2 is 1.85 bits per heavy atom. The van der Waals surface area contributed by atoms with Gasteiger partial charge in [0.15, 0.2) is 5.78 Å². The lowest BCUT2D eigenvalue weighted by Crippen LogP contribution is -2.61. The molecule has 0 bridgehead atoms. The fourth-order valence-electron chi connectivity index (χ4n) is 6.50. The summed E-state index contributed by atoms with van der Waals surface area (Å²) >= 11 is 0. The van der Waals surface area contributed by atoms with E-state index in [4.69, 9.17) is 9.47 Å². The number of amides is 1. The highest BCUT2D eigenvalue weighted by molar-refractivity contribution is 5.97. The number of Topliss-reactive ketones (excluding diaryl/α,β-unsaturated/α-hetero) is 1. The third kappa shape index (κ3) is 3.46. The van der Waals surface area contributed by atoms with Crippen molar-refractivity contribution < 1.29 is 23.9 Å². The van der Waals surface area contributed by atoms with Gasteiger partial charge in [-0.05, 0) is 43.7 Å². The van der Waals surface area contributed by atoms with Gasteiger partial charge < -0.3 is 14.8 Å². The summed E-state index contributed by atoms with van der Waals surface area (Å²) in [5, 5.41) is 3.21. The monoisotopic (exact) mass is 463 g/mol. The first-order valence-electron chi connectivity index (χ1n) is 12.3. The summed E-state index contributed by atoms with van der Waals surface area (Å²) < 4.78 is 12.5. The summed E-state index contributed by atoms with van der Waals surface area (Å²) in [6.07, 6.45) is 6.53. The smallest absolute Gasteiger partial charge is 0.310 e. The first kappa shape index (κ1) is 23.0. The van der Waals surface area contributed by atoms with Crippen molar-refractivity contribution in [1.82, 2.24) is 5.32 Å². The van der Waals surface area contributed by atoms with E-state index in [-0.39, 0.29) is 53.6 Å². The molecule has 2 saturated heterocycles. The quantitative estimate of drug-likeness (QED) is 0.412. The summed E-state index contributed by atoms with van der Waals surface area (Å²) in [4.78, 5) is 39.5. The number of carbonyl (C=O) groups excluding carboxylic acids is 3. The largest absolute Gasteiger partial charge is 0.448 e. The van der Waals surface area contributed by atoms with Crippen LogP contribution in [0.1, 0.15) is 46.1 Å². The average Bonchev–Trinajstić information content (AvgIpc) is 3.43. The molecule has 1 unspecified atom stereocenters. The molecule has 1 amide bonds. The van der Waals surface area contributed by atoms with Crippen LogP contribution in [0.2, 0.25) is 0 Å². The van der Waals surface area contributed by atoms with Crippen LogP contribution in [0.3, 0.4) is 0 Å². The topological polar surface area (TPSA) is 85.0 Å². The fourth-order valence-corrected chi connectivity index (χ4v) is 6.50. The van der Waals surface area contributed by atoms with Gasteiger partial charge in [0.25, 0.3) is 5.91 Å². The van der Waals surface area contributed by atoms with E-state index in [0.717, 1.165) is 5.56 Å². The maximum atomic E-state index is 13.8. The first-order chi connectivity index (χ1) is 16.2. The molecular weight excluding hydrogens is 430 g/mol. The maximum absolute atomic E-state index is 13.8. The van der Waals surface area contributed by atoms with Crippen molar-refractivity contribution in [2.24, 2.45) is 23.7 Å². The summed E-state index contributed by atoms with van der Waals surface area (Å²) in [6.45, 7) is 7.83. The van der Waals surface area contributed by atoms with Gasteiger partial charge in [-0.15, -0.1) is 0 Å². The molecule has 34 heavy (non-hydrogen) atoms. The number of nitrogens with one attached hydrogen (secondary N) is 1. The molecule has 180 valence electrons. The molecule has 1 saturated carbocycles. The van der Waals surface area contributed by atoms with Crippen LogP contribution in [0.25, 0.3) is 0 Å². The van der Waals surface area contributed by atoms with E-state index >= 15 is 0 Å². The average molecular weight is 464 g/mol. The van der Waals surface area contributed by atoms with Crippen LogP contribution in [-0.4, -0.2) is 41.0 Å². The highest BCUT2D eigenvalue weighted by Gasteiger charge is 2.78. The maximum Gasteiger partial charge on any atom is 0.310 e. The molecule has 0 aromatic heterocycles. The van der Waals surface area contributed by atoms with Crippen LogP contribution in [0, 0.1) is 23.7 Å². The molecule has 6 heteroatoms. The molecule has 1 N–H and O–H groups in total. The van der Waals surface area contributed by atoms with Gasteiger partial charge in [0, 0.05) is 17.9 Å². The molecule has 4 aliphatic rings. The minimum atomic E-state index is -1.33. The van der Waals surface area contributed by atoms with Crippen molar-refractivity contribution in [3.8, 4) is 0 Å². The molecule has 6 nitrogen and oxygen atoms in total.